The number of hydrogen-bond acceptors (Lipinski definition) is 2. The summed E-state index contributed by atoms with van der Waals surface area (Å²) in [6.07, 6.45) is 0.256. The van der Waals surface area contributed by atoms with Crippen LogP contribution in [0.2, 0.25) is 0 Å². The van der Waals surface area contributed by atoms with E-state index in [1.165, 1.54) is 0 Å². The topological polar surface area (TPSA) is 54.4 Å². The molecule has 0 aliphatic heterocycles. The third-order valence-corrected chi connectivity index (χ3v) is 2.64. The van der Waals surface area contributed by atoms with Crippen LogP contribution >= 0.6 is 0 Å². The summed E-state index contributed by atoms with van der Waals surface area (Å²) in [6.45, 7) is 5.24. The first-order valence-corrected chi connectivity index (χ1v) is 5.63. The van der Waals surface area contributed by atoms with E-state index >= 15 is 0 Å². The van der Waals surface area contributed by atoms with E-state index in [0.717, 1.165) is 5.56 Å². The molecule has 17 heavy (non-hydrogen) atoms. The Bertz CT molecular complexity index is 401. The molecule has 0 heterocycles. The first-order valence-electron chi connectivity index (χ1n) is 5.63. The van der Waals surface area contributed by atoms with Crippen LogP contribution in [-0.4, -0.2) is 16.9 Å². The largest absolute Gasteiger partial charge is 0.481 e. The van der Waals surface area contributed by atoms with Crippen LogP contribution in [0, 0.1) is 11.3 Å². The van der Waals surface area contributed by atoms with Crippen molar-refractivity contribution in [3.05, 3.63) is 35.9 Å². The summed E-state index contributed by atoms with van der Waals surface area (Å²) in [5.41, 5.74) is 0.246. The quantitative estimate of drug-likeness (QED) is 0.814. The average Bonchev–Trinajstić information content (AvgIpc) is 2.24. The minimum Gasteiger partial charge on any atom is -0.481 e. The SMILES string of the molecule is CC(C)(C)C(=O)C(Cc1ccccc1)C(=O)O. The summed E-state index contributed by atoms with van der Waals surface area (Å²) in [6, 6.07) is 9.23. The number of rotatable bonds is 4. The third-order valence-electron chi connectivity index (χ3n) is 2.64. The summed E-state index contributed by atoms with van der Waals surface area (Å²) in [5.74, 6) is -2.24. The molecule has 0 aromatic heterocycles. The fourth-order valence-corrected chi connectivity index (χ4v) is 1.66. The number of hydrogen-bond donors (Lipinski definition) is 1. The maximum Gasteiger partial charge on any atom is 0.314 e. The highest BCUT2D eigenvalue weighted by molar-refractivity contribution is 6.01. The van der Waals surface area contributed by atoms with Gasteiger partial charge in [0.1, 0.15) is 5.92 Å². The zero-order valence-electron chi connectivity index (χ0n) is 10.4. The summed E-state index contributed by atoms with van der Waals surface area (Å²) >= 11 is 0. The van der Waals surface area contributed by atoms with Crippen LogP contribution in [0.3, 0.4) is 0 Å². The van der Waals surface area contributed by atoms with Gasteiger partial charge in [-0.1, -0.05) is 51.1 Å². The summed E-state index contributed by atoms with van der Waals surface area (Å²) in [5, 5.41) is 9.15. The first kappa shape index (κ1) is 13.4. The molecular formula is C14H18O3. The Morgan fingerprint density at radius 2 is 1.71 bits per heavy atom. The Morgan fingerprint density at radius 1 is 1.18 bits per heavy atom. The molecule has 0 amide bonds. The van der Waals surface area contributed by atoms with Crippen LogP contribution < -0.4 is 0 Å². The first-order chi connectivity index (χ1) is 7.82. The second kappa shape index (κ2) is 5.13. The van der Waals surface area contributed by atoms with Gasteiger partial charge in [0.05, 0.1) is 0 Å². The highest BCUT2D eigenvalue weighted by Gasteiger charge is 2.34. The van der Waals surface area contributed by atoms with Crippen LogP contribution in [0.5, 0.6) is 0 Å². The van der Waals surface area contributed by atoms with Crippen LogP contribution in [0.25, 0.3) is 0 Å². The van der Waals surface area contributed by atoms with E-state index in [-0.39, 0.29) is 12.2 Å². The Kier molecular flexibility index (Phi) is 4.05. The zero-order chi connectivity index (χ0) is 13.1. The minimum atomic E-state index is -1.05. The molecule has 1 rings (SSSR count). The molecule has 1 aromatic carbocycles. The van der Waals surface area contributed by atoms with Gasteiger partial charge in [-0.05, 0) is 12.0 Å². The van der Waals surface area contributed by atoms with Gasteiger partial charge in [0.25, 0.3) is 0 Å². The van der Waals surface area contributed by atoms with Crippen molar-refractivity contribution in [3.63, 3.8) is 0 Å². The van der Waals surface area contributed by atoms with Crippen molar-refractivity contribution in [1.29, 1.82) is 0 Å². The third kappa shape index (κ3) is 3.70. The minimum absolute atomic E-state index is 0.228. The molecule has 3 heteroatoms. The van der Waals surface area contributed by atoms with Gasteiger partial charge in [0.15, 0.2) is 5.78 Å². The number of benzene rings is 1. The van der Waals surface area contributed by atoms with Gasteiger partial charge >= 0.3 is 5.97 Å². The predicted octanol–water partition coefficient (Wildman–Crippen LogP) is 2.55. The highest BCUT2D eigenvalue weighted by atomic mass is 16.4. The monoisotopic (exact) mass is 234 g/mol. The molecule has 0 saturated carbocycles. The number of carbonyl (C=O) groups is 2. The summed E-state index contributed by atoms with van der Waals surface area (Å²) in [4.78, 5) is 23.2. The van der Waals surface area contributed by atoms with Gasteiger partial charge < -0.3 is 5.11 Å². The molecule has 1 aromatic rings. The zero-order valence-corrected chi connectivity index (χ0v) is 10.4. The summed E-state index contributed by atoms with van der Waals surface area (Å²) in [7, 11) is 0. The van der Waals surface area contributed by atoms with Crippen LogP contribution in [0.4, 0.5) is 0 Å². The van der Waals surface area contributed by atoms with Gasteiger partial charge in [-0.15, -0.1) is 0 Å². The van der Waals surface area contributed by atoms with Crippen molar-refractivity contribution >= 4 is 11.8 Å². The number of carbonyl (C=O) groups excluding carboxylic acids is 1. The lowest BCUT2D eigenvalue weighted by Gasteiger charge is -2.21. The lowest BCUT2D eigenvalue weighted by Crippen LogP contribution is -2.34. The Balaban J connectivity index is 2.89. The Morgan fingerprint density at radius 3 is 2.12 bits per heavy atom. The smallest absolute Gasteiger partial charge is 0.314 e. The standard InChI is InChI=1S/C14H18O3/c1-14(2,3)12(15)11(13(16)17)9-10-7-5-4-6-8-10/h4-8,11H,9H2,1-3H3,(H,16,17). The van der Waals surface area contributed by atoms with Gasteiger partial charge in [-0.3, -0.25) is 9.59 Å². The van der Waals surface area contributed by atoms with E-state index in [9.17, 15) is 9.59 Å². The van der Waals surface area contributed by atoms with Crippen molar-refractivity contribution in [1.82, 2.24) is 0 Å². The number of Topliss-reactive ketones (excluding diaryl/α,β-unsaturated/α-hetero) is 1. The van der Waals surface area contributed by atoms with Gasteiger partial charge in [-0.2, -0.15) is 0 Å². The molecule has 0 spiro atoms. The fourth-order valence-electron chi connectivity index (χ4n) is 1.66. The normalized spacial score (nSPS) is 13.1. The lowest BCUT2D eigenvalue weighted by molar-refractivity contribution is -0.148. The Labute approximate surface area is 101 Å². The molecule has 0 aliphatic rings. The molecule has 0 radical (unpaired) electrons. The molecule has 92 valence electrons. The number of ketones is 1. The highest BCUT2D eigenvalue weighted by Crippen LogP contribution is 2.23. The molecule has 0 saturated heterocycles. The fraction of sp³-hybridized carbons (Fsp3) is 0.429. The molecular weight excluding hydrogens is 216 g/mol. The van der Waals surface area contributed by atoms with E-state index in [1.807, 2.05) is 30.3 Å². The Hall–Kier alpha value is -1.64. The van der Waals surface area contributed by atoms with E-state index < -0.39 is 17.3 Å². The number of aliphatic carboxylic acids is 1. The van der Waals surface area contributed by atoms with E-state index in [0.29, 0.717) is 0 Å². The van der Waals surface area contributed by atoms with Gasteiger partial charge in [-0.25, -0.2) is 0 Å². The van der Waals surface area contributed by atoms with Crippen LogP contribution in [0.15, 0.2) is 30.3 Å². The second-order valence-electron chi connectivity index (χ2n) is 5.19. The lowest BCUT2D eigenvalue weighted by atomic mass is 9.80. The molecule has 3 nitrogen and oxygen atoms in total. The van der Waals surface area contributed by atoms with E-state index in [1.54, 1.807) is 20.8 Å². The molecule has 1 N–H and O–H groups in total. The van der Waals surface area contributed by atoms with Crippen molar-refractivity contribution in [3.8, 4) is 0 Å². The number of carboxylic acids is 1. The molecule has 0 aliphatic carbocycles. The van der Waals surface area contributed by atoms with Gasteiger partial charge in [0.2, 0.25) is 0 Å². The second-order valence-corrected chi connectivity index (χ2v) is 5.19. The van der Waals surface area contributed by atoms with Crippen molar-refractivity contribution in [2.24, 2.45) is 11.3 Å². The predicted molar refractivity (Wildman–Crippen MR) is 65.7 cm³/mol. The maximum absolute atomic E-state index is 12.0. The maximum atomic E-state index is 12.0. The van der Waals surface area contributed by atoms with E-state index in [4.69, 9.17) is 5.11 Å². The van der Waals surface area contributed by atoms with Gasteiger partial charge in [0, 0.05) is 5.41 Å². The van der Waals surface area contributed by atoms with E-state index in [2.05, 4.69) is 0 Å². The van der Waals surface area contributed by atoms with Crippen molar-refractivity contribution < 1.29 is 14.7 Å². The van der Waals surface area contributed by atoms with Crippen LogP contribution in [0.1, 0.15) is 26.3 Å². The van der Waals surface area contributed by atoms with Crippen molar-refractivity contribution in [2.75, 3.05) is 0 Å². The molecule has 1 unspecified atom stereocenters. The molecule has 0 fully saturated rings. The van der Waals surface area contributed by atoms with Crippen LogP contribution in [-0.2, 0) is 16.0 Å². The molecule has 1 atom stereocenters. The molecule has 0 bridgehead atoms. The summed E-state index contributed by atoms with van der Waals surface area (Å²) < 4.78 is 0. The average molecular weight is 234 g/mol. The number of carboxylic acid groups (broad SMARTS) is 1. The van der Waals surface area contributed by atoms with Crippen molar-refractivity contribution in [2.45, 2.75) is 27.2 Å².